The van der Waals surface area contributed by atoms with Crippen LogP contribution in [-0.2, 0) is 10.0 Å². The second kappa shape index (κ2) is 8.22. The maximum atomic E-state index is 12.9. The lowest BCUT2D eigenvalue weighted by molar-refractivity contribution is 0.0734. The van der Waals surface area contributed by atoms with Gasteiger partial charge < -0.3 is 4.74 Å². The molecule has 0 heterocycles. The maximum Gasteiger partial charge on any atom is 0.343 e. The Morgan fingerprint density at radius 2 is 1.61 bits per heavy atom. The monoisotopic (exact) mass is 435 g/mol. The molecular weight excluding hydrogens is 421 g/mol. The smallest absolute Gasteiger partial charge is 0.343 e. The van der Waals surface area contributed by atoms with Crippen LogP contribution in [0.25, 0.3) is 0 Å². The van der Waals surface area contributed by atoms with Crippen LogP contribution in [0.5, 0.6) is 5.75 Å². The topological polar surface area (TPSA) is 63.7 Å². The Balaban J connectivity index is 1.89. The molecule has 8 heteroatoms. The fraction of sp³-hybridized carbons (Fsp3) is 0.0500. The van der Waals surface area contributed by atoms with Gasteiger partial charge >= 0.3 is 5.97 Å². The van der Waals surface area contributed by atoms with Gasteiger partial charge in [-0.15, -0.1) is 0 Å². The predicted octanol–water partition coefficient (Wildman–Crippen LogP) is 5.04. The van der Waals surface area contributed by atoms with E-state index >= 15 is 0 Å². The molecule has 0 radical (unpaired) electrons. The highest BCUT2D eigenvalue weighted by atomic mass is 35.5. The summed E-state index contributed by atoms with van der Waals surface area (Å²) in [6, 6.07) is 18.9. The number of nitrogens with zero attached hydrogens (tertiary/aromatic N) is 1. The van der Waals surface area contributed by atoms with Gasteiger partial charge in [0.1, 0.15) is 5.02 Å². The minimum Gasteiger partial charge on any atom is -0.421 e. The van der Waals surface area contributed by atoms with E-state index in [4.69, 9.17) is 27.9 Å². The number of rotatable bonds is 5. The van der Waals surface area contributed by atoms with Crippen molar-refractivity contribution in [2.45, 2.75) is 4.90 Å². The minimum atomic E-state index is -3.86. The van der Waals surface area contributed by atoms with Crippen LogP contribution < -0.4 is 9.04 Å². The Labute approximate surface area is 173 Å². The summed E-state index contributed by atoms with van der Waals surface area (Å²) in [6.07, 6.45) is 0. The molecule has 0 saturated carbocycles. The average Bonchev–Trinajstić information content (AvgIpc) is 2.71. The van der Waals surface area contributed by atoms with Gasteiger partial charge in [0.05, 0.1) is 21.2 Å². The number of benzene rings is 3. The molecule has 0 unspecified atom stereocenters. The fourth-order valence-electron chi connectivity index (χ4n) is 2.44. The Kier molecular flexibility index (Phi) is 5.93. The number of para-hydroxylation sites is 1. The average molecular weight is 436 g/mol. The van der Waals surface area contributed by atoms with E-state index in [1.165, 1.54) is 37.4 Å². The Hall–Kier alpha value is -2.54. The molecule has 3 rings (SSSR count). The lowest BCUT2D eigenvalue weighted by atomic mass is 10.2. The summed E-state index contributed by atoms with van der Waals surface area (Å²) < 4.78 is 32.2. The Bertz CT molecular complexity index is 1120. The molecule has 0 aromatic heterocycles. The molecule has 0 fully saturated rings. The summed E-state index contributed by atoms with van der Waals surface area (Å²) in [4.78, 5) is 12.4. The van der Waals surface area contributed by atoms with Crippen molar-refractivity contribution in [2.24, 2.45) is 0 Å². The highest BCUT2D eigenvalue weighted by Crippen LogP contribution is 2.32. The number of carbonyl (C=O) groups excluding carboxylic acids is 1. The van der Waals surface area contributed by atoms with E-state index in [-0.39, 0.29) is 26.3 Å². The number of hydrogen-bond donors (Lipinski definition) is 0. The SMILES string of the molecule is CN(c1ccccc1)S(=O)(=O)c1cccc(C(=O)Oc2cccc(Cl)c2Cl)c1. The van der Waals surface area contributed by atoms with Crippen molar-refractivity contribution >= 4 is 44.9 Å². The first-order valence-corrected chi connectivity index (χ1v) is 10.3. The zero-order valence-corrected chi connectivity index (χ0v) is 17.0. The molecular formula is C20H15Cl2NO4S. The molecule has 0 spiro atoms. The van der Waals surface area contributed by atoms with Crippen LogP contribution in [0, 0.1) is 0 Å². The van der Waals surface area contributed by atoms with Gasteiger partial charge in [-0.3, -0.25) is 4.31 Å². The van der Waals surface area contributed by atoms with Gasteiger partial charge in [-0.05, 0) is 42.5 Å². The van der Waals surface area contributed by atoms with Gasteiger partial charge in [-0.25, -0.2) is 13.2 Å². The number of esters is 1. The van der Waals surface area contributed by atoms with Gasteiger partial charge in [0.25, 0.3) is 10.0 Å². The summed E-state index contributed by atoms with van der Waals surface area (Å²) >= 11 is 11.9. The van der Waals surface area contributed by atoms with Crippen LogP contribution in [0.3, 0.4) is 0 Å². The van der Waals surface area contributed by atoms with Crippen LogP contribution in [-0.4, -0.2) is 21.4 Å². The van der Waals surface area contributed by atoms with Crippen LogP contribution in [0.4, 0.5) is 5.69 Å². The van der Waals surface area contributed by atoms with Gasteiger partial charge in [-0.1, -0.05) is 53.5 Å². The lowest BCUT2D eigenvalue weighted by Gasteiger charge is -2.19. The number of sulfonamides is 1. The van der Waals surface area contributed by atoms with E-state index in [1.54, 1.807) is 42.5 Å². The first kappa shape index (κ1) is 20.2. The highest BCUT2D eigenvalue weighted by molar-refractivity contribution is 7.92. The summed E-state index contributed by atoms with van der Waals surface area (Å²) in [5.41, 5.74) is 0.569. The molecule has 3 aromatic carbocycles. The first-order valence-electron chi connectivity index (χ1n) is 8.11. The number of hydrogen-bond acceptors (Lipinski definition) is 4. The second-order valence-electron chi connectivity index (χ2n) is 5.78. The predicted molar refractivity (Wildman–Crippen MR) is 110 cm³/mol. The number of halogens is 2. The van der Waals surface area contributed by atoms with Gasteiger partial charge in [0, 0.05) is 7.05 Å². The molecule has 0 aliphatic heterocycles. The van der Waals surface area contributed by atoms with Crippen molar-refractivity contribution < 1.29 is 17.9 Å². The van der Waals surface area contributed by atoms with Crippen molar-refractivity contribution in [1.82, 2.24) is 0 Å². The third-order valence-electron chi connectivity index (χ3n) is 3.97. The van der Waals surface area contributed by atoms with Crippen LogP contribution in [0.1, 0.15) is 10.4 Å². The van der Waals surface area contributed by atoms with E-state index in [2.05, 4.69) is 0 Å². The number of carbonyl (C=O) groups is 1. The van der Waals surface area contributed by atoms with Crippen LogP contribution in [0.2, 0.25) is 10.0 Å². The fourth-order valence-corrected chi connectivity index (χ4v) is 4.01. The van der Waals surface area contributed by atoms with Gasteiger partial charge in [0.2, 0.25) is 0 Å². The zero-order valence-electron chi connectivity index (χ0n) is 14.7. The summed E-state index contributed by atoms with van der Waals surface area (Å²) in [6.45, 7) is 0. The minimum absolute atomic E-state index is 0.0366. The molecule has 5 nitrogen and oxygen atoms in total. The van der Waals surface area contributed by atoms with Gasteiger partial charge in [0.15, 0.2) is 5.75 Å². The maximum absolute atomic E-state index is 12.9. The van der Waals surface area contributed by atoms with Crippen molar-refractivity contribution in [2.75, 3.05) is 11.4 Å². The molecule has 3 aromatic rings. The quantitative estimate of drug-likeness (QED) is 0.415. The Morgan fingerprint density at radius 1 is 0.929 bits per heavy atom. The number of anilines is 1. The number of ether oxygens (including phenoxy) is 1. The van der Waals surface area contributed by atoms with E-state index in [0.29, 0.717) is 5.69 Å². The third-order valence-corrected chi connectivity index (χ3v) is 6.55. The molecule has 0 amide bonds. The zero-order chi connectivity index (χ0) is 20.3. The summed E-state index contributed by atoms with van der Waals surface area (Å²) in [5.74, 6) is -0.655. The second-order valence-corrected chi connectivity index (χ2v) is 8.53. The van der Waals surface area contributed by atoms with Crippen LogP contribution >= 0.6 is 23.2 Å². The molecule has 28 heavy (non-hydrogen) atoms. The molecule has 0 atom stereocenters. The van der Waals surface area contributed by atoms with Crippen molar-refractivity contribution in [1.29, 1.82) is 0 Å². The third kappa shape index (κ3) is 4.14. The standard InChI is InChI=1S/C20H15Cl2NO4S/c1-23(15-8-3-2-4-9-15)28(25,26)16-10-5-7-14(13-16)20(24)27-18-12-6-11-17(21)19(18)22/h2-13H,1H3. The van der Waals surface area contributed by atoms with Crippen molar-refractivity contribution in [3.05, 3.63) is 88.4 Å². The molecule has 0 saturated heterocycles. The first-order chi connectivity index (χ1) is 13.3. The Morgan fingerprint density at radius 3 is 2.32 bits per heavy atom. The van der Waals surface area contributed by atoms with E-state index in [0.717, 1.165) is 4.31 Å². The molecule has 0 bridgehead atoms. The van der Waals surface area contributed by atoms with Crippen molar-refractivity contribution in [3.8, 4) is 5.75 Å². The lowest BCUT2D eigenvalue weighted by Crippen LogP contribution is -2.26. The molecule has 0 N–H and O–H groups in total. The molecule has 144 valence electrons. The van der Waals surface area contributed by atoms with Gasteiger partial charge in [-0.2, -0.15) is 0 Å². The molecule has 0 aliphatic rings. The largest absolute Gasteiger partial charge is 0.421 e. The van der Waals surface area contributed by atoms with Crippen LogP contribution in [0.15, 0.2) is 77.7 Å². The summed E-state index contributed by atoms with van der Waals surface area (Å²) in [5, 5.41) is 0.345. The van der Waals surface area contributed by atoms with E-state index in [1.807, 2.05) is 0 Å². The highest BCUT2D eigenvalue weighted by Gasteiger charge is 2.23. The van der Waals surface area contributed by atoms with E-state index in [9.17, 15) is 13.2 Å². The normalized spacial score (nSPS) is 11.1. The van der Waals surface area contributed by atoms with Crippen molar-refractivity contribution in [3.63, 3.8) is 0 Å². The van der Waals surface area contributed by atoms with E-state index < -0.39 is 16.0 Å². The summed E-state index contributed by atoms with van der Waals surface area (Å²) in [7, 11) is -2.41. The molecule has 0 aliphatic carbocycles.